The van der Waals surface area contributed by atoms with Crippen molar-refractivity contribution in [2.75, 3.05) is 0 Å². The van der Waals surface area contributed by atoms with E-state index in [1.165, 1.54) is 0 Å². The number of nitrogens with zero attached hydrogens (tertiary/aromatic N) is 3. The van der Waals surface area contributed by atoms with E-state index in [2.05, 4.69) is 10.1 Å². The molecule has 2 aromatic heterocycles. The van der Waals surface area contributed by atoms with Crippen LogP contribution in [-0.4, -0.2) is 19.3 Å². The molecule has 0 aliphatic heterocycles. The Morgan fingerprint density at radius 1 is 1.47 bits per heavy atom. The van der Waals surface area contributed by atoms with Crippen LogP contribution in [0.3, 0.4) is 0 Å². The summed E-state index contributed by atoms with van der Waals surface area (Å²) in [7, 11) is 0. The predicted molar refractivity (Wildman–Crippen MR) is 56.8 cm³/mol. The van der Waals surface area contributed by atoms with Crippen molar-refractivity contribution in [3.8, 4) is 0 Å². The normalized spacial score (nSPS) is 10.8. The van der Waals surface area contributed by atoms with Gasteiger partial charge in [-0.1, -0.05) is 0 Å². The largest absolute Gasteiger partial charge is 0.326 e. The Morgan fingerprint density at radius 3 is 2.80 bits per heavy atom. The second-order valence-corrected chi connectivity index (χ2v) is 3.57. The van der Waals surface area contributed by atoms with E-state index < -0.39 is 0 Å². The van der Waals surface area contributed by atoms with Gasteiger partial charge in [-0.3, -0.25) is 9.25 Å². The lowest BCUT2D eigenvalue weighted by atomic mass is 10.3. The topological polar surface area (TPSA) is 55.6 Å². The van der Waals surface area contributed by atoms with Crippen molar-refractivity contribution in [1.82, 2.24) is 19.3 Å². The van der Waals surface area contributed by atoms with Crippen LogP contribution in [0.15, 0.2) is 23.4 Å². The second kappa shape index (κ2) is 3.76. The molecule has 0 atom stereocenters. The zero-order valence-electron chi connectivity index (χ0n) is 8.90. The molecule has 2 rings (SSSR count). The summed E-state index contributed by atoms with van der Waals surface area (Å²) in [6.07, 6.45) is 5.55. The Morgan fingerprint density at radius 2 is 2.27 bits per heavy atom. The number of aromatic nitrogens is 4. The Hall–Kier alpha value is -1.78. The molecule has 0 aromatic carbocycles. The summed E-state index contributed by atoms with van der Waals surface area (Å²) in [5.74, 6) is 0. The Balaban J connectivity index is 2.21. The van der Waals surface area contributed by atoms with Gasteiger partial charge in [0.1, 0.15) is 0 Å². The van der Waals surface area contributed by atoms with Crippen molar-refractivity contribution in [2.45, 2.75) is 26.9 Å². The molecule has 80 valence electrons. The van der Waals surface area contributed by atoms with Crippen LogP contribution in [0, 0.1) is 6.92 Å². The molecule has 0 aliphatic carbocycles. The first-order chi connectivity index (χ1) is 7.19. The SMILES string of the molecule is CCn1cc(Cn2cc(C)[nH]c2=O)cn1. The van der Waals surface area contributed by atoms with Crippen LogP contribution in [0.2, 0.25) is 0 Å². The lowest BCUT2D eigenvalue weighted by molar-refractivity contribution is 0.658. The van der Waals surface area contributed by atoms with Crippen LogP contribution in [0.4, 0.5) is 0 Å². The molecule has 0 aliphatic rings. The fraction of sp³-hybridized carbons (Fsp3) is 0.400. The average Bonchev–Trinajstić information content (AvgIpc) is 2.75. The maximum absolute atomic E-state index is 11.4. The zero-order valence-corrected chi connectivity index (χ0v) is 8.90. The molecule has 2 aromatic rings. The number of hydrogen-bond donors (Lipinski definition) is 1. The molecular formula is C10H14N4O. The molecule has 5 heteroatoms. The molecule has 0 amide bonds. The smallest absolute Gasteiger partial charge is 0.310 e. The lowest BCUT2D eigenvalue weighted by Gasteiger charge is -1.96. The number of imidazole rings is 1. The number of H-pyrrole nitrogens is 1. The van der Waals surface area contributed by atoms with Crippen molar-refractivity contribution >= 4 is 0 Å². The van der Waals surface area contributed by atoms with Crippen molar-refractivity contribution < 1.29 is 0 Å². The van der Waals surface area contributed by atoms with Gasteiger partial charge in [-0.2, -0.15) is 5.10 Å². The van der Waals surface area contributed by atoms with Gasteiger partial charge in [0.2, 0.25) is 0 Å². The van der Waals surface area contributed by atoms with Crippen LogP contribution in [0.1, 0.15) is 18.2 Å². The monoisotopic (exact) mass is 206 g/mol. The van der Waals surface area contributed by atoms with Crippen LogP contribution in [0.25, 0.3) is 0 Å². The number of rotatable bonds is 3. The second-order valence-electron chi connectivity index (χ2n) is 3.57. The highest BCUT2D eigenvalue weighted by Gasteiger charge is 2.02. The van der Waals surface area contributed by atoms with Gasteiger partial charge in [0.25, 0.3) is 0 Å². The predicted octanol–water partition coefficient (Wildman–Crippen LogP) is 0.750. The van der Waals surface area contributed by atoms with Gasteiger partial charge in [-0.15, -0.1) is 0 Å². The molecule has 0 unspecified atom stereocenters. The quantitative estimate of drug-likeness (QED) is 0.805. The lowest BCUT2D eigenvalue weighted by Crippen LogP contribution is -2.16. The van der Waals surface area contributed by atoms with E-state index in [-0.39, 0.29) is 5.69 Å². The molecule has 0 fully saturated rings. The van der Waals surface area contributed by atoms with E-state index in [4.69, 9.17) is 0 Å². The molecule has 15 heavy (non-hydrogen) atoms. The van der Waals surface area contributed by atoms with Gasteiger partial charge < -0.3 is 4.98 Å². The molecule has 0 spiro atoms. The maximum Gasteiger partial charge on any atom is 0.326 e. The van der Waals surface area contributed by atoms with Crippen molar-refractivity contribution in [3.63, 3.8) is 0 Å². The molecule has 2 heterocycles. The first-order valence-electron chi connectivity index (χ1n) is 4.96. The molecule has 1 N–H and O–H groups in total. The number of aryl methyl sites for hydroxylation is 2. The van der Waals surface area contributed by atoms with E-state index in [1.807, 2.05) is 30.9 Å². The minimum absolute atomic E-state index is 0.0725. The van der Waals surface area contributed by atoms with Crippen LogP contribution in [-0.2, 0) is 13.1 Å². The number of aromatic amines is 1. The fourth-order valence-corrected chi connectivity index (χ4v) is 1.54. The highest BCUT2D eigenvalue weighted by molar-refractivity contribution is 5.06. The average molecular weight is 206 g/mol. The van der Waals surface area contributed by atoms with E-state index in [0.717, 1.165) is 17.8 Å². The van der Waals surface area contributed by atoms with Crippen molar-refractivity contribution in [2.24, 2.45) is 0 Å². The standard InChI is InChI=1S/C10H14N4O/c1-3-14-7-9(4-11-14)6-13-5-8(2)12-10(13)15/h4-5,7H,3,6H2,1-2H3,(H,12,15). The highest BCUT2D eigenvalue weighted by Crippen LogP contribution is 2.00. The molecule has 0 saturated heterocycles. The van der Waals surface area contributed by atoms with Crippen molar-refractivity contribution in [3.05, 3.63) is 40.3 Å². The van der Waals surface area contributed by atoms with Crippen LogP contribution in [0.5, 0.6) is 0 Å². The summed E-state index contributed by atoms with van der Waals surface area (Å²) < 4.78 is 3.49. The number of nitrogens with one attached hydrogen (secondary N) is 1. The van der Waals surface area contributed by atoms with E-state index in [1.54, 1.807) is 10.8 Å². The van der Waals surface area contributed by atoms with Gasteiger partial charge in [0, 0.05) is 30.2 Å². The third-order valence-electron chi connectivity index (χ3n) is 2.28. The first kappa shape index (κ1) is 9.76. The minimum Gasteiger partial charge on any atom is -0.310 e. The van der Waals surface area contributed by atoms with Gasteiger partial charge in [0.05, 0.1) is 12.7 Å². The van der Waals surface area contributed by atoms with E-state index >= 15 is 0 Å². The third kappa shape index (κ3) is 2.01. The fourth-order valence-electron chi connectivity index (χ4n) is 1.54. The Kier molecular flexibility index (Phi) is 2.45. The van der Waals surface area contributed by atoms with Gasteiger partial charge in [0.15, 0.2) is 0 Å². The zero-order chi connectivity index (χ0) is 10.8. The van der Waals surface area contributed by atoms with Gasteiger partial charge in [-0.25, -0.2) is 4.79 Å². The molecule has 0 bridgehead atoms. The Bertz CT molecular complexity index is 505. The highest BCUT2D eigenvalue weighted by atomic mass is 16.1. The summed E-state index contributed by atoms with van der Waals surface area (Å²) in [6.45, 7) is 5.32. The maximum atomic E-state index is 11.4. The Labute approximate surface area is 87.4 Å². The summed E-state index contributed by atoms with van der Waals surface area (Å²) in [4.78, 5) is 14.1. The number of hydrogen-bond acceptors (Lipinski definition) is 2. The minimum atomic E-state index is -0.0725. The van der Waals surface area contributed by atoms with Crippen molar-refractivity contribution in [1.29, 1.82) is 0 Å². The molecule has 5 nitrogen and oxygen atoms in total. The van der Waals surface area contributed by atoms with E-state index in [0.29, 0.717) is 6.54 Å². The van der Waals surface area contributed by atoms with Crippen LogP contribution >= 0.6 is 0 Å². The molecular weight excluding hydrogens is 192 g/mol. The summed E-state index contributed by atoms with van der Waals surface area (Å²) >= 11 is 0. The summed E-state index contributed by atoms with van der Waals surface area (Å²) in [6, 6.07) is 0. The van der Waals surface area contributed by atoms with Gasteiger partial charge >= 0.3 is 5.69 Å². The third-order valence-corrected chi connectivity index (χ3v) is 2.28. The first-order valence-corrected chi connectivity index (χ1v) is 4.96. The van der Waals surface area contributed by atoms with Crippen LogP contribution < -0.4 is 5.69 Å². The summed E-state index contributed by atoms with van der Waals surface area (Å²) in [5, 5.41) is 4.16. The van der Waals surface area contributed by atoms with Gasteiger partial charge in [-0.05, 0) is 13.8 Å². The molecule has 0 saturated carbocycles. The molecule has 0 radical (unpaired) electrons. The summed E-state index contributed by atoms with van der Waals surface area (Å²) in [5.41, 5.74) is 1.84. The van der Waals surface area contributed by atoms with E-state index in [9.17, 15) is 4.79 Å².